The standard InChI is InChI=1S/C24H18FN3O3S2/c25-11-3-5-12(6-4-11)28-22(29)17-13-8-14(18(17)23(28)30)19-16(13)15(10-2-1-7-26-9-10)20-21(32-19)27-24(31)33-20/h1-7,9,13-19H,8H2,(H,27,31)/t13-,14+,15-,16+,17+,18+,19-/m0/s1. The quantitative estimate of drug-likeness (QED) is 0.568. The van der Waals surface area contributed by atoms with Gasteiger partial charge < -0.3 is 4.98 Å². The number of aromatic amines is 1. The third-order valence-electron chi connectivity index (χ3n) is 7.85. The van der Waals surface area contributed by atoms with Crippen molar-refractivity contribution in [2.75, 3.05) is 4.90 Å². The van der Waals surface area contributed by atoms with Crippen LogP contribution in [0.4, 0.5) is 10.1 Å². The summed E-state index contributed by atoms with van der Waals surface area (Å²) in [5, 5.41) is 1.03. The number of amides is 2. The predicted octanol–water partition coefficient (Wildman–Crippen LogP) is 3.65. The molecule has 0 spiro atoms. The van der Waals surface area contributed by atoms with Crippen molar-refractivity contribution in [3.8, 4) is 0 Å². The second-order valence-electron chi connectivity index (χ2n) is 9.24. The third kappa shape index (κ3) is 2.60. The largest absolute Gasteiger partial charge is 0.307 e. The molecular weight excluding hydrogens is 461 g/mol. The number of benzene rings is 1. The number of aromatic nitrogens is 2. The zero-order valence-electron chi connectivity index (χ0n) is 17.2. The molecule has 7 rings (SSSR count). The van der Waals surface area contributed by atoms with E-state index in [4.69, 9.17) is 0 Å². The first-order valence-electron chi connectivity index (χ1n) is 11.0. The molecule has 1 aromatic carbocycles. The van der Waals surface area contributed by atoms with E-state index in [0.29, 0.717) is 5.69 Å². The Kier molecular flexibility index (Phi) is 4.09. The minimum Gasteiger partial charge on any atom is -0.307 e. The maximum absolute atomic E-state index is 13.6. The highest BCUT2D eigenvalue weighted by atomic mass is 32.2. The number of nitrogens with zero attached hydrogens (tertiary/aromatic N) is 2. The van der Waals surface area contributed by atoms with Crippen LogP contribution < -0.4 is 9.77 Å². The monoisotopic (exact) mass is 479 g/mol. The van der Waals surface area contributed by atoms with E-state index in [1.54, 1.807) is 18.0 Å². The van der Waals surface area contributed by atoms with E-state index in [1.807, 2.05) is 18.3 Å². The fourth-order valence-electron chi connectivity index (χ4n) is 6.79. The van der Waals surface area contributed by atoms with Crippen LogP contribution in [0.15, 0.2) is 58.6 Å². The number of rotatable bonds is 2. The van der Waals surface area contributed by atoms with Crippen molar-refractivity contribution in [1.82, 2.24) is 9.97 Å². The van der Waals surface area contributed by atoms with Crippen LogP contribution in [-0.2, 0) is 9.59 Å². The number of nitrogens with one attached hydrogen (secondary N) is 1. The smallest absolute Gasteiger partial charge is 0.305 e. The number of carbonyl (C=O) groups is 2. The summed E-state index contributed by atoms with van der Waals surface area (Å²) >= 11 is 2.90. The summed E-state index contributed by atoms with van der Waals surface area (Å²) in [6.07, 6.45) is 4.42. The Morgan fingerprint density at radius 2 is 1.79 bits per heavy atom. The minimum atomic E-state index is -0.403. The van der Waals surface area contributed by atoms with Gasteiger partial charge in [0, 0.05) is 28.4 Å². The molecule has 2 amide bonds. The molecule has 3 aromatic rings. The SMILES string of the molecule is O=C1[C@@H]2[C@H]3C[C@@H]([C@@H]4Sc5[nH]c(=O)sc5[C@@H](c5cccnc5)[C@@H]34)[C@H]2C(=O)N1c1ccc(F)cc1. The van der Waals surface area contributed by atoms with Gasteiger partial charge in [-0.15, -0.1) is 11.8 Å². The lowest BCUT2D eigenvalue weighted by Crippen LogP contribution is -2.42. The van der Waals surface area contributed by atoms with Crippen molar-refractivity contribution in [3.63, 3.8) is 0 Å². The van der Waals surface area contributed by atoms with Crippen molar-refractivity contribution in [2.45, 2.75) is 22.6 Å². The Hall–Kier alpha value is -2.78. The molecule has 3 fully saturated rings. The topological polar surface area (TPSA) is 83.1 Å². The van der Waals surface area contributed by atoms with Gasteiger partial charge in [-0.3, -0.25) is 24.3 Å². The summed E-state index contributed by atoms with van der Waals surface area (Å²) in [7, 11) is 0. The Morgan fingerprint density at radius 3 is 2.52 bits per heavy atom. The number of carbonyl (C=O) groups excluding carboxylic acids is 2. The van der Waals surface area contributed by atoms with Gasteiger partial charge in [-0.1, -0.05) is 17.4 Å². The number of imide groups is 1. The zero-order chi connectivity index (χ0) is 22.4. The number of thioether (sulfide) groups is 1. The molecule has 0 radical (unpaired) electrons. The number of H-pyrrole nitrogens is 1. The van der Waals surface area contributed by atoms with Crippen molar-refractivity contribution in [3.05, 3.63) is 74.7 Å². The molecule has 2 aliphatic heterocycles. The molecule has 0 unspecified atom stereocenters. The molecule has 33 heavy (non-hydrogen) atoms. The van der Waals surface area contributed by atoms with Crippen LogP contribution in [0.3, 0.4) is 0 Å². The first kappa shape index (κ1) is 19.7. The number of anilines is 1. The van der Waals surface area contributed by atoms with Gasteiger partial charge in [0.25, 0.3) is 0 Å². The first-order valence-corrected chi connectivity index (χ1v) is 12.7. The molecular formula is C24H18FN3O3S2. The molecule has 2 bridgehead atoms. The van der Waals surface area contributed by atoms with Gasteiger partial charge in [0.2, 0.25) is 11.8 Å². The Balaban J connectivity index is 1.33. The lowest BCUT2D eigenvalue weighted by atomic mass is 9.68. The molecule has 4 aliphatic rings. The number of fused-ring (bicyclic) bond motifs is 9. The number of pyridine rings is 1. The number of thiazole rings is 1. The molecule has 1 saturated heterocycles. The fourth-order valence-corrected chi connectivity index (χ4v) is 9.68. The highest BCUT2D eigenvalue weighted by Gasteiger charge is 2.69. The van der Waals surface area contributed by atoms with E-state index >= 15 is 0 Å². The maximum atomic E-state index is 13.6. The van der Waals surface area contributed by atoms with Crippen LogP contribution in [0, 0.1) is 35.4 Å². The van der Waals surface area contributed by atoms with E-state index in [2.05, 4.69) is 9.97 Å². The molecule has 6 nitrogen and oxygen atoms in total. The van der Waals surface area contributed by atoms with Crippen molar-refractivity contribution >= 4 is 40.6 Å². The average molecular weight is 480 g/mol. The predicted molar refractivity (Wildman–Crippen MR) is 122 cm³/mol. The first-order chi connectivity index (χ1) is 16.0. The van der Waals surface area contributed by atoms with Crippen LogP contribution in [0.2, 0.25) is 0 Å². The number of hydrogen-bond donors (Lipinski definition) is 1. The fraction of sp³-hybridized carbons (Fsp3) is 0.333. The molecule has 2 aliphatic carbocycles. The summed E-state index contributed by atoms with van der Waals surface area (Å²) in [5.41, 5.74) is 1.48. The molecule has 1 N–H and O–H groups in total. The van der Waals surface area contributed by atoms with Gasteiger partial charge in [-0.05, 0) is 60.1 Å². The average Bonchev–Trinajstić information content (AvgIpc) is 3.54. The molecule has 166 valence electrons. The van der Waals surface area contributed by atoms with Gasteiger partial charge in [0.05, 0.1) is 22.5 Å². The second kappa shape index (κ2) is 6.87. The zero-order valence-corrected chi connectivity index (χ0v) is 18.8. The van der Waals surface area contributed by atoms with E-state index in [9.17, 15) is 18.8 Å². The summed E-state index contributed by atoms with van der Waals surface area (Å²) in [6.45, 7) is 0. The summed E-state index contributed by atoms with van der Waals surface area (Å²) in [6, 6.07) is 9.49. The molecule has 7 atom stereocenters. The van der Waals surface area contributed by atoms with Crippen molar-refractivity contribution in [1.29, 1.82) is 0 Å². The molecule has 9 heteroatoms. The van der Waals surface area contributed by atoms with Crippen molar-refractivity contribution < 1.29 is 14.0 Å². The van der Waals surface area contributed by atoms with Crippen LogP contribution in [0.1, 0.15) is 22.8 Å². The van der Waals surface area contributed by atoms with Gasteiger partial charge >= 0.3 is 4.87 Å². The summed E-state index contributed by atoms with van der Waals surface area (Å²) in [4.78, 5) is 48.8. The van der Waals surface area contributed by atoms with Crippen molar-refractivity contribution in [2.24, 2.45) is 29.6 Å². The van der Waals surface area contributed by atoms with E-state index in [0.717, 1.165) is 21.9 Å². The van der Waals surface area contributed by atoms with Gasteiger partial charge in [-0.25, -0.2) is 4.39 Å². The number of halogens is 1. The van der Waals surface area contributed by atoms with Gasteiger partial charge in [-0.2, -0.15) is 0 Å². The Labute approximate surface area is 196 Å². The summed E-state index contributed by atoms with van der Waals surface area (Å²) in [5.74, 6) is -1.25. The van der Waals surface area contributed by atoms with E-state index in [-0.39, 0.29) is 57.4 Å². The highest BCUT2D eigenvalue weighted by Crippen LogP contribution is 2.68. The van der Waals surface area contributed by atoms with Gasteiger partial charge in [0.1, 0.15) is 5.82 Å². The van der Waals surface area contributed by atoms with Crippen LogP contribution in [0.5, 0.6) is 0 Å². The van der Waals surface area contributed by atoms with Crippen LogP contribution >= 0.6 is 23.1 Å². The van der Waals surface area contributed by atoms with Gasteiger partial charge in [0.15, 0.2) is 0 Å². The molecule has 2 aromatic heterocycles. The Bertz CT molecular complexity index is 1360. The van der Waals surface area contributed by atoms with Crippen LogP contribution in [0.25, 0.3) is 0 Å². The highest BCUT2D eigenvalue weighted by molar-refractivity contribution is 8.00. The van der Waals surface area contributed by atoms with E-state index < -0.39 is 5.82 Å². The second-order valence-corrected chi connectivity index (χ2v) is 11.4. The third-order valence-corrected chi connectivity index (χ3v) is 10.4. The molecule has 2 saturated carbocycles. The lowest BCUT2D eigenvalue weighted by molar-refractivity contribution is -0.123. The maximum Gasteiger partial charge on any atom is 0.305 e. The van der Waals surface area contributed by atoms with E-state index in [1.165, 1.54) is 40.5 Å². The molecule has 4 heterocycles. The van der Waals surface area contributed by atoms with Crippen LogP contribution in [-0.4, -0.2) is 27.0 Å². The lowest BCUT2D eigenvalue weighted by Gasteiger charge is -2.42. The minimum absolute atomic E-state index is 0.0253. The summed E-state index contributed by atoms with van der Waals surface area (Å²) < 4.78 is 13.4. The Morgan fingerprint density at radius 1 is 1.03 bits per heavy atom. The normalized spacial score (nSPS) is 33.8. The number of hydrogen-bond acceptors (Lipinski definition) is 6.